The van der Waals surface area contributed by atoms with Crippen LogP contribution in [0.5, 0.6) is 0 Å². The van der Waals surface area contributed by atoms with E-state index < -0.39 is 0 Å². The van der Waals surface area contributed by atoms with E-state index in [4.69, 9.17) is 15.0 Å². The lowest BCUT2D eigenvalue weighted by Crippen LogP contribution is -2.06. The number of fused-ring (bicyclic) bond motifs is 7. The summed E-state index contributed by atoms with van der Waals surface area (Å²) in [7, 11) is 0. The van der Waals surface area contributed by atoms with Gasteiger partial charge in [0, 0.05) is 38.4 Å². The molecule has 0 aliphatic rings. The fraction of sp³-hybridized carbons (Fsp3) is 0.0250. The van der Waals surface area contributed by atoms with Crippen LogP contribution < -0.4 is 0 Å². The third kappa shape index (κ3) is 3.98. The molecular formula is C40H27N5. The van der Waals surface area contributed by atoms with Crippen molar-refractivity contribution in [3.8, 4) is 34.4 Å². The van der Waals surface area contributed by atoms with Gasteiger partial charge in [-0.1, -0.05) is 115 Å². The van der Waals surface area contributed by atoms with E-state index in [1.807, 2.05) is 60.7 Å². The van der Waals surface area contributed by atoms with E-state index in [1.54, 1.807) is 0 Å². The van der Waals surface area contributed by atoms with Crippen LogP contribution in [-0.2, 0) is 0 Å². The normalized spacial score (nSPS) is 11.7. The van der Waals surface area contributed by atoms with E-state index in [-0.39, 0.29) is 0 Å². The van der Waals surface area contributed by atoms with Gasteiger partial charge in [-0.25, -0.2) is 4.98 Å². The predicted molar refractivity (Wildman–Crippen MR) is 184 cm³/mol. The minimum atomic E-state index is 0.592. The smallest absolute Gasteiger partial charge is 0.238 e. The highest BCUT2D eigenvalue weighted by Gasteiger charge is 2.23. The average molecular weight is 578 g/mol. The van der Waals surface area contributed by atoms with Crippen LogP contribution in [0.1, 0.15) is 5.56 Å². The zero-order valence-corrected chi connectivity index (χ0v) is 24.6. The van der Waals surface area contributed by atoms with Gasteiger partial charge < -0.3 is 4.57 Å². The minimum absolute atomic E-state index is 0.592. The highest BCUT2D eigenvalue weighted by molar-refractivity contribution is 6.26. The molecule has 0 fully saturated rings. The summed E-state index contributed by atoms with van der Waals surface area (Å²) in [6.07, 6.45) is 0. The van der Waals surface area contributed by atoms with Crippen molar-refractivity contribution in [2.24, 2.45) is 0 Å². The molecule has 3 heterocycles. The first-order valence-corrected chi connectivity index (χ1v) is 15.1. The first-order chi connectivity index (χ1) is 22.2. The zero-order valence-electron chi connectivity index (χ0n) is 24.6. The number of hydrogen-bond donors (Lipinski definition) is 0. The molecular weight excluding hydrogens is 550 g/mol. The molecule has 0 saturated carbocycles. The fourth-order valence-corrected chi connectivity index (χ4v) is 6.63. The Morgan fingerprint density at radius 1 is 0.444 bits per heavy atom. The molecule has 9 aromatic rings. The number of benzene rings is 6. The lowest BCUT2D eigenvalue weighted by molar-refractivity contribution is 0.955. The van der Waals surface area contributed by atoms with Crippen molar-refractivity contribution in [3.05, 3.63) is 151 Å². The maximum absolute atomic E-state index is 5.17. The van der Waals surface area contributed by atoms with E-state index in [2.05, 4.69) is 101 Å². The second-order valence-corrected chi connectivity index (χ2v) is 11.4. The second kappa shape index (κ2) is 10.00. The molecule has 45 heavy (non-hydrogen) atoms. The maximum Gasteiger partial charge on any atom is 0.238 e. The van der Waals surface area contributed by atoms with Crippen molar-refractivity contribution in [2.75, 3.05) is 0 Å². The Hall–Kier alpha value is -6.07. The summed E-state index contributed by atoms with van der Waals surface area (Å²) in [6, 6.07) is 50.7. The summed E-state index contributed by atoms with van der Waals surface area (Å²) in [5, 5.41) is 4.68. The Balaban J connectivity index is 1.46. The van der Waals surface area contributed by atoms with Crippen LogP contribution in [0.4, 0.5) is 0 Å². The van der Waals surface area contributed by atoms with Gasteiger partial charge in [-0.05, 0) is 42.8 Å². The first kappa shape index (κ1) is 25.4. The molecule has 0 radical (unpaired) electrons. The zero-order chi connectivity index (χ0) is 29.9. The van der Waals surface area contributed by atoms with Crippen molar-refractivity contribution in [3.63, 3.8) is 0 Å². The van der Waals surface area contributed by atoms with Gasteiger partial charge in [-0.2, -0.15) is 9.97 Å². The lowest BCUT2D eigenvalue weighted by atomic mass is 10.1. The Kier molecular flexibility index (Phi) is 5.65. The van der Waals surface area contributed by atoms with Crippen LogP contribution in [0, 0.1) is 6.92 Å². The SMILES string of the molecule is Cc1ccc2c3c(ccc4c5ccccc5n(-c5nc(-c6ccccc6)nc(-c6ccccc6)n5)c43)n(-c3ccccc3)c2c1. The molecule has 5 nitrogen and oxygen atoms in total. The summed E-state index contributed by atoms with van der Waals surface area (Å²) in [6.45, 7) is 2.15. The quantitative estimate of drug-likeness (QED) is 0.209. The molecule has 0 saturated heterocycles. The van der Waals surface area contributed by atoms with Gasteiger partial charge in [0.05, 0.1) is 22.1 Å². The average Bonchev–Trinajstić information content (AvgIpc) is 3.61. The van der Waals surface area contributed by atoms with Crippen LogP contribution in [0.2, 0.25) is 0 Å². The van der Waals surface area contributed by atoms with Gasteiger partial charge in [-0.15, -0.1) is 0 Å². The predicted octanol–water partition coefficient (Wildman–Crippen LogP) is 9.71. The third-order valence-electron chi connectivity index (χ3n) is 8.62. The number of nitrogens with zero attached hydrogens (tertiary/aromatic N) is 5. The molecule has 0 bridgehead atoms. The fourth-order valence-electron chi connectivity index (χ4n) is 6.63. The Morgan fingerprint density at radius 2 is 1.04 bits per heavy atom. The van der Waals surface area contributed by atoms with Gasteiger partial charge in [0.1, 0.15) is 0 Å². The minimum Gasteiger partial charge on any atom is -0.309 e. The molecule has 0 amide bonds. The van der Waals surface area contributed by atoms with Gasteiger partial charge >= 0.3 is 0 Å². The molecule has 0 aliphatic carbocycles. The molecule has 6 aromatic carbocycles. The van der Waals surface area contributed by atoms with E-state index >= 15 is 0 Å². The molecule has 9 rings (SSSR count). The second-order valence-electron chi connectivity index (χ2n) is 11.4. The molecule has 212 valence electrons. The molecule has 0 atom stereocenters. The number of hydrogen-bond acceptors (Lipinski definition) is 3. The monoisotopic (exact) mass is 577 g/mol. The summed E-state index contributed by atoms with van der Waals surface area (Å²) in [5.41, 5.74) is 8.68. The molecule has 5 heteroatoms. The van der Waals surface area contributed by atoms with Crippen LogP contribution in [0.3, 0.4) is 0 Å². The standard InChI is InChI=1S/C40H27N5/c1-26-21-22-32-35(25-26)44(29-17-9-4-10-18-29)34-24-23-31-30-19-11-12-20-33(30)45(37(31)36(32)34)40-42-38(27-13-5-2-6-14-27)41-39(43-40)28-15-7-3-8-16-28/h2-25H,1H3. The Morgan fingerprint density at radius 3 is 1.73 bits per heavy atom. The summed E-state index contributed by atoms with van der Waals surface area (Å²) >= 11 is 0. The van der Waals surface area contributed by atoms with E-state index in [9.17, 15) is 0 Å². The number of para-hydroxylation sites is 2. The molecule has 3 aromatic heterocycles. The van der Waals surface area contributed by atoms with Crippen molar-refractivity contribution >= 4 is 43.6 Å². The van der Waals surface area contributed by atoms with Crippen molar-refractivity contribution in [1.82, 2.24) is 24.1 Å². The summed E-state index contributed by atoms with van der Waals surface area (Å²) in [4.78, 5) is 15.3. The largest absolute Gasteiger partial charge is 0.309 e. The van der Waals surface area contributed by atoms with Gasteiger partial charge in [-0.3, -0.25) is 4.57 Å². The van der Waals surface area contributed by atoms with Crippen molar-refractivity contribution in [2.45, 2.75) is 6.92 Å². The Labute approximate surface area is 259 Å². The van der Waals surface area contributed by atoms with Gasteiger partial charge in [0.25, 0.3) is 0 Å². The van der Waals surface area contributed by atoms with Crippen LogP contribution in [0.25, 0.3) is 78.0 Å². The highest BCUT2D eigenvalue weighted by Crippen LogP contribution is 2.42. The van der Waals surface area contributed by atoms with Crippen molar-refractivity contribution < 1.29 is 0 Å². The van der Waals surface area contributed by atoms with Gasteiger partial charge in [0.2, 0.25) is 5.95 Å². The van der Waals surface area contributed by atoms with Crippen LogP contribution in [0.15, 0.2) is 146 Å². The molecule has 0 N–H and O–H groups in total. The molecule has 0 spiro atoms. The Bertz CT molecular complexity index is 2470. The molecule has 0 aliphatic heterocycles. The summed E-state index contributed by atoms with van der Waals surface area (Å²) in [5.74, 6) is 1.87. The van der Waals surface area contributed by atoms with E-state index in [0.717, 1.165) is 44.1 Å². The number of aryl methyl sites for hydroxylation is 1. The van der Waals surface area contributed by atoms with E-state index in [1.165, 1.54) is 21.9 Å². The number of aromatic nitrogens is 5. The first-order valence-electron chi connectivity index (χ1n) is 15.1. The van der Waals surface area contributed by atoms with Crippen LogP contribution >= 0.6 is 0 Å². The number of rotatable bonds is 4. The summed E-state index contributed by atoms with van der Waals surface area (Å²) < 4.78 is 4.61. The highest BCUT2D eigenvalue weighted by atomic mass is 15.2. The van der Waals surface area contributed by atoms with Crippen LogP contribution in [-0.4, -0.2) is 24.1 Å². The third-order valence-corrected chi connectivity index (χ3v) is 8.62. The topological polar surface area (TPSA) is 48.5 Å². The van der Waals surface area contributed by atoms with Crippen molar-refractivity contribution in [1.29, 1.82) is 0 Å². The lowest BCUT2D eigenvalue weighted by Gasteiger charge is -2.11. The van der Waals surface area contributed by atoms with E-state index in [0.29, 0.717) is 17.6 Å². The molecule has 0 unspecified atom stereocenters. The van der Waals surface area contributed by atoms with Gasteiger partial charge in [0.15, 0.2) is 11.6 Å². The maximum atomic E-state index is 5.17.